The Labute approximate surface area is 146 Å². The van der Waals surface area contributed by atoms with Gasteiger partial charge in [-0.05, 0) is 6.07 Å². The number of rotatable bonds is 5. The number of hydrogen-bond acceptors (Lipinski definition) is 6. The van der Waals surface area contributed by atoms with Crippen molar-refractivity contribution in [2.75, 3.05) is 26.6 Å². The van der Waals surface area contributed by atoms with Crippen molar-refractivity contribution in [1.29, 1.82) is 0 Å². The van der Waals surface area contributed by atoms with Crippen LogP contribution in [0.25, 0.3) is 0 Å². The molecular weight excluding hydrogens is 322 g/mol. The number of aryl methyl sites for hydroxylation is 1. The van der Waals surface area contributed by atoms with Crippen molar-refractivity contribution in [1.82, 2.24) is 9.97 Å². The highest BCUT2D eigenvalue weighted by Crippen LogP contribution is 2.50. The van der Waals surface area contributed by atoms with Gasteiger partial charge in [0.1, 0.15) is 5.82 Å². The molecule has 1 aliphatic heterocycles. The third-order valence-corrected chi connectivity index (χ3v) is 4.28. The molecule has 1 aliphatic rings. The fourth-order valence-corrected chi connectivity index (χ4v) is 3.15. The van der Waals surface area contributed by atoms with Gasteiger partial charge in [-0.1, -0.05) is 6.92 Å². The van der Waals surface area contributed by atoms with E-state index in [0.717, 1.165) is 23.5 Å². The van der Waals surface area contributed by atoms with E-state index in [2.05, 4.69) is 15.3 Å². The van der Waals surface area contributed by atoms with Gasteiger partial charge in [0.2, 0.25) is 11.7 Å². The first-order valence-electron chi connectivity index (χ1n) is 8.07. The van der Waals surface area contributed by atoms with Crippen LogP contribution in [0.4, 0.5) is 5.69 Å². The van der Waals surface area contributed by atoms with Crippen molar-refractivity contribution in [3.63, 3.8) is 0 Å². The van der Waals surface area contributed by atoms with Crippen LogP contribution in [-0.2, 0) is 11.2 Å². The highest BCUT2D eigenvalue weighted by atomic mass is 16.5. The lowest BCUT2D eigenvalue weighted by Gasteiger charge is -2.29. The Morgan fingerprint density at radius 1 is 1.20 bits per heavy atom. The average molecular weight is 343 g/mol. The number of carbonyl (C=O) groups is 1. The molecule has 1 atom stereocenters. The van der Waals surface area contributed by atoms with Gasteiger partial charge >= 0.3 is 0 Å². The molecule has 25 heavy (non-hydrogen) atoms. The van der Waals surface area contributed by atoms with Gasteiger partial charge in [0.15, 0.2) is 11.5 Å². The number of methoxy groups -OCH3 is 3. The number of ether oxygens (including phenoxy) is 3. The summed E-state index contributed by atoms with van der Waals surface area (Å²) < 4.78 is 16.5. The molecule has 0 saturated carbocycles. The molecule has 1 aromatic carbocycles. The molecular formula is C18H21N3O4. The normalized spacial score (nSPS) is 16.0. The first-order valence-corrected chi connectivity index (χ1v) is 8.07. The lowest BCUT2D eigenvalue weighted by atomic mass is 9.86. The van der Waals surface area contributed by atoms with E-state index >= 15 is 0 Å². The summed E-state index contributed by atoms with van der Waals surface area (Å²) in [6, 6.07) is 3.59. The van der Waals surface area contributed by atoms with Crippen LogP contribution < -0.4 is 19.5 Å². The van der Waals surface area contributed by atoms with E-state index in [-0.39, 0.29) is 18.2 Å². The second-order valence-electron chi connectivity index (χ2n) is 5.66. The maximum absolute atomic E-state index is 12.3. The molecule has 0 unspecified atom stereocenters. The number of anilines is 1. The smallest absolute Gasteiger partial charge is 0.225 e. The summed E-state index contributed by atoms with van der Waals surface area (Å²) >= 11 is 0. The summed E-state index contributed by atoms with van der Waals surface area (Å²) in [4.78, 5) is 21.1. The topological polar surface area (TPSA) is 82.6 Å². The molecule has 0 aliphatic carbocycles. The summed E-state index contributed by atoms with van der Waals surface area (Å²) in [5, 5.41) is 2.89. The number of nitrogens with one attached hydrogen (secondary N) is 1. The Bertz CT molecular complexity index is 807. The van der Waals surface area contributed by atoms with E-state index in [9.17, 15) is 4.79 Å². The third-order valence-electron chi connectivity index (χ3n) is 4.28. The quantitative estimate of drug-likeness (QED) is 0.898. The van der Waals surface area contributed by atoms with Gasteiger partial charge in [-0.15, -0.1) is 0 Å². The first kappa shape index (κ1) is 17.0. The Morgan fingerprint density at radius 2 is 1.96 bits per heavy atom. The van der Waals surface area contributed by atoms with E-state index in [1.54, 1.807) is 33.6 Å². The number of carbonyl (C=O) groups excluding carboxylic acids is 1. The standard InChI is InChI=1S/C18H21N3O4/c1-5-14-19-7-6-11(20-14)10-8-15(22)21-12-9-13(23-2)17(24-3)18(25-4)16(10)12/h6-7,9-10H,5,8H2,1-4H3,(H,21,22)/t10-/m0/s1. The molecule has 0 radical (unpaired) electrons. The van der Waals surface area contributed by atoms with Crippen LogP contribution in [0, 0.1) is 0 Å². The van der Waals surface area contributed by atoms with Crippen molar-refractivity contribution >= 4 is 11.6 Å². The SMILES string of the molecule is CCc1nccc([C@@H]2CC(=O)Nc3cc(OC)c(OC)c(OC)c32)n1. The second kappa shape index (κ2) is 6.96. The number of benzene rings is 1. The maximum Gasteiger partial charge on any atom is 0.225 e. The van der Waals surface area contributed by atoms with Crippen LogP contribution in [0.5, 0.6) is 17.2 Å². The van der Waals surface area contributed by atoms with Gasteiger partial charge in [-0.2, -0.15) is 0 Å². The van der Waals surface area contributed by atoms with E-state index in [0.29, 0.717) is 22.9 Å². The molecule has 1 aromatic heterocycles. The summed E-state index contributed by atoms with van der Waals surface area (Å²) in [5.41, 5.74) is 2.27. The molecule has 0 saturated heterocycles. The lowest BCUT2D eigenvalue weighted by molar-refractivity contribution is -0.116. The second-order valence-corrected chi connectivity index (χ2v) is 5.66. The predicted octanol–water partition coefficient (Wildman–Crippen LogP) is 2.54. The van der Waals surface area contributed by atoms with E-state index in [1.807, 2.05) is 13.0 Å². The third kappa shape index (κ3) is 2.97. The van der Waals surface area contributed by atoms with Gasteiger partial charge in [-0.3, -0.25) is 4.79 Å². The fraction of sp³-hybridized carbons (Fsp3) is 0.389. The Hall–Kier alpha value is -2.83. The molecule has 3 rings (SSSR count). The number of fused-ring (bicyclic) bond motifs is 1. The largest absolute Gasteiger partial charge is 0.493 e. The zero-order chi connectivity index (χ0) is 18.0. The Balaban J connectivity index is 2.23. The lowest BCUT2D eigenvalue weighted by Crippen LogP contribution is -2.25. The molecule has 7 nitrogen and oxygen atoms in total. The van der Waals surface area contributed by atoms with E-state index < -0.39 is 0 Å². The van der Waals surface area contributed by atoms with Crippen LogP contribution in [0.15, 0.2) is 18.3 Å². The Kier molecular flexibility index (Phi) is 4.74. The molecule has 0 bridgehead atoms. The monoisotopic (exact) mass is 343 g/mol. The van der Waals surface area contributed by atoms with Crippen molar-refractivity contribution in [3.05, 3.63) is 35.4 Å². The number of amides is 1. The summed E-state index contributed by atoms with van der Waals surface area (Å²) in [6.45, 7) is 2.00. The van der Waals surface area contributed by atoms with E-state index in [1.165, 1.54) is 0 Å². The predicted molar refractivity (Wildman–Crippen MR) is 92.6 cm³/mol. The number of hydrogen-bond donors (Lipinski definition) is 1. The molecule has 2 heterocycles. The zero-order valence-electron chi connectivity index (χ0n) is 14.8. The van der Waals surface area contributed by atoms with Crippen molar-refractivity contribution in [2.24, 2.45) is 0 Å². The van der Waals surface area contributed by atoms with Crippen molar-refractivity contribution in [3.8, 4) is 17.2 Å². The summed E-state index contributed by atoms with van der Waals surface area (Å²) in [5.74, 6) is 1.95. The molecule has 2 aromatic rings. The van der Waals surface area contributed by atoms with Crippen LogP contribution in [0.1, 0.15) is 36.3 Å². The fourth-order valence-electron chi connectivity index (χ4n) is 3.15. The molecule has 0 fully saturated rings. The zero-order valence-corrected chi connectivity index (χ0v) is 14.8. The highest BCUT2D eigenvalue weighted by molar-refractivity contribution is 5.97. The highest BCUT2D eigenvalue weighted by Gasteiger charge is 2.34. The van der Waals surface area contributed by atoms with E-state index in [4.69, 9.17) is 14.2 Å². The molecule has 0 spiro atoms. The van der Waals surface area contributed by atoms with Crippen LogP contribution in [0.2, 0.25) is 0 Å². The molecule has 1 N–H and O–H groups in total. The molecule has 1 amide bonds. The Morgan fingerprint density at radius 3 is 2.60 bits per heavy atom. The number of aromatic nitrogens is 2. The maximum atomic E-state index is 12.3. The minimum atomic E-state index is -0.244. The summed E-state index contributed by atoms with van der Waals surface area (Å²) in [7, 11) is 4.68. The number of nitrogens with zero attached hydrogens (tertiary/aromatic N) is 2. The first-order chi connectivity index (χ1) is 12.1. The van der Waals surface area contributed by atoms with Gasteiger partial charge in [-0.25, -0.2) is 9.97 Å². The minimum absolute atomic E-state index is 0.0802. The van der Waals surface area contributed by atoms with Gasteiger partial charge in [0, 0.05) is 36.6 Å². The minimum Gasteiger partial charge on any atom is -0.493 e. The average Bonchev–Trinajstić information content (AvgIpc) is 2.65. The van der Waals surface area contributed by atoms with Gasteiger partial charge < -0.3 is 19.5 Å². The van der Waals surface area contributed by atoms with Crippen LogP contribution in [-0.4, -0.2) is 37.2 Å². The van der Waals surface area contributed by atoms with Crippen molar-refractivity contribution in [2.45, 2.75) is 25.7 Å². The van der Waals surface area contributed by atoms with Crippen LogP contribution >= 0.6 is 0 Å². The molecule has 7 heteroatoms. The van der Waals surface area contributed by atoms with Crippen LogP contribution in [0.3, 0.4) is 0 Å². The summed E-state index contributed by atoms with van der Waals surface area (Å²) in [6.07, 6.45) is 2.72. The van der Waals surface area contributed by atoms with Crippen molar-refractivity contribution < 1.29 is 19.0 Å². The van der Waals surface area contributed by atoms with Gasteiger partial charge in [0.25, 0.3) is 0 Å². The molecule has 132 valence electrons. The van der Waals surface area contributed by atoms with Gasteiger partial charge in [0.05, 0.1) is 32.7 Å².